The smallest absolute Gasteiger partial charge is 0.146 e. The molecule has 0 saturated carbocycles. The summed E-state index contributed by atoms with van der Waals surface area (Å²) >= 11 is 0. The van der Waals surface area contributed by atoms with Crippen LogP contribution in [0.4, 0.5) is 0 Å². The van der Waals surface area contributed by atoms with E-state index in [0.29, 0.717) is 5.92 Å². The Morgan fingerprint density at radius 3 is 2.03 bits per heavy atom. The molecule has 1 aliphatic carbocycles. The third kappa shape index (κ3) is 3.40. The first-order valence-corrected chi connectivity index (χ1v) is 13.4. The average molecular weight is 459 g/mol. The van der Waals surface area contributed by atoms with Crippen molar-refractivity contribution < 1.29 is 0 Å². The van der Waals surface area contributed by atoms with E-state index in [1.54, 1.807) is 0 Å². The summed E-state index contributed by atoms with van der Waals surface area (Å²) in [6.07, 6.45) is 3.34. The summed E-state index contributed by atoms with van der Waals surface area (Å²) in [7, 11) is 0. The lowest BCUT2D eigenvalue weighted by Gasteiger charge is -2.44. The molecule has 0 N–H and O–H groups in total. The van der Waals surface area contributed by atoms with Crippen molar-refractivity contribution in [2.75, 3.05) is 0 Å². The lowest BCUT2D eigenvalue weighted by Crippen LogP contribution is -2.42. The molecule has 5 rings (SSSR count). The Morgan fingerprint density at radius 2 is 1.44 bits per heavy atom. The number of benzene rings is 2. The van der Waals surface area contributed by atoms with E-state index in [0.717, 1.165) is 17.6 Å². The minimum Gasteiger partial charge on any atom is -0.299 e. The lowest BCUT2D eigenvalue weighted by atomic mass is 9.59. The number of fused-ring (bicyclic) bond motifs is 6. The van der Waals surface area contributed by atoms with Gasteiger partial charge in [0.2, 0.25) is 0 Å². The zero-order valence-electron chi connectivity index (χ0n) is 23.7. The van der Waals surface area contributed by atoms with Gasteiger partial charge in [-0.1, -0.05) is 101 Å². The second-order valence-electron chi connectivity index (χ2n) is 11.0. The van der Waals surface area contributed by atoms with Gasteiger partial charge in [0, 0.05) is 11.6 Å². The van der Waals surface area contributed by atoms with Crippen molar-refractivity contribution in [3.05, 3.63) is 59.3 Å². The quantitative estimate of drug-likeness (QED) is 0.292. The summed E-state index contributed by atoms with van der Waals surface area (Å²) in [6, 6.07) is 13.7. The Labute approximate surface area is 207 Å². The highest BCUT2D eigenvalue weighted by Crippen LogP contribution is 2.61. The first kappa shape index (κ1) is 26.3. The normalized spacial score (nSPS) is 18.1. The lowest BCUT2D eigenvalue weighted by molar-refractivity contribution is 0.125. The molecule has 0 fully saturated rings. The van der Waals surface area contributed by atoms with Crippen molar-refractivity contribution in [1.29, 1.82) is 0 Å². The van der Waals surface area contributed by atoms with Crippen molar-refractivity contribution in [1.82, 2.24) is 9.38 Å². The van der Waals surface area contributed by atoms with Gasteiger partial charge in [-0.15, -0.1) is 0 Å². The molecule has 0 amide bonds. The number of nitrogens with zero attached hydrogens (tertiary/aromatic N) is 2. The molecule has 184 valence electrons. The van der Waals surface area contributed by atoms with Gasteiger partial charge in [0.1, 0.15) is 5.65 Å². The van der Waals surface area contributed by atoms with Crippen LogP contribution in [0, 0.1) is 5.41 Å². The number of imidazole rings is 1. The van der Waals surface area contributed by atoms with E-state index in [1.165, 1.54) is 33.0 Å². The molecule has 34 heavy (non-hydrogen) atoms. The summed E-state index contributed by atoms with van der Waals surface area (Å²) in [5.41, 5.74) is 8.14. The van der Waals surface area contributed by atoms with Crippen molar-refractivity contribution >= 4 is 27.5 Å². The molecule has 0 aliphatic heterocycles. The number of hydrogen-bond acceptors (Lipinski definition) is 1. The number of pyridine rings is 1. The molecule has 0 saturated heterocycles. The molecule has 2 nitrogen and oxygen atoms in total. The molecule has 1 atom stereocenters. The molecule has 2 heterocycles. The maximum absolute atomic E-state index is 5.22. The fraction of sp³-hybridized carbons (Fsp3) is 0.531. The molecule has 4 aromatic rings. The van der Waals surface area contributed by atoms with Crippen molar-refractivity contribution in [2.45, 2.75) is 106 Å². The fourth-order valence-corrected chi connectivity index (χ4v) is 5.73. The van der Waals surface area contributed by atoms with Gasteiger partial charge in [-0.25, -0.2) is 4.98 Å². The van der Waals surface area contributed by atoms with Crippen LogP contribution in [0.3, 0.4) is 0 Å². The average Bonchev–Trinajstić information content (AvgIpc) is 3.26. The van der Waals surface area contributed by atoms with Crippen LogP contribution in [0.5, 0.6) is 0 Å². The van der Waals surface area contributed by atoms with Crippen molar-refractivity contribution in [3.63, 3.8) is 0 Å². The van der Waals surface area contributed by atoms with Crippen LogP contribution >= 0.6 is 0 Å². The summed E-state index contributed by atoms with van der Waals surface area (Å²) in [4.78, 5) is 5.22. The second-order valence-corrected chi connectivity index (χ2v) is 11.0. The van der Waals surface area contributed by atoms with Gasteiger partial charge in [0.05, 0.1) is 11.0 Å². The third-order valence-electron chi connectivity index (χ3n) is 9.20. The molecule has 1 unspecified atom stereocenters. The molecule has 2 heteroatoms. The van der Waals surface area contributed by atoms with Gasteiger partial charge >= 0.3 is 0 Å². The molecule has 2 aromatic carbocycles. The number of hydrogen-bond donors (Lipinski definition) is 0. The maximum atomic E-state index is 5.22. The van der Waals surface area contributed by atoms with E-state index in [2.05, 4.69) is 102 Å². The van der Waals surface area contributed by atoms with E-state index in [9.17, 15) is 0 Å². The summed E-state index contributed by atoms with van der Waals surface area (Å²) in [6.45, 7) is 27.0. The Morgan fingerprint density at radius 1 is 0.853 bits per heavy atom. The van der Waals surface area contributed by atoms with E-state index >= 15 is 0 Å². The fourth-order valence-electron chi connectivity index (χ4n) is 5.73. The molecule has 0 radical (unpaired) electrons. The SMILES string of the molecule is CC.CC.CCC(C)c1cccc2ccn3c4cc5c(cc4nc3c12)C(C)(C)C(C)(C)C5(C)C. The van der Waals surface area contributed by atoms with Crippen LogP contribution in [0.2, 0.25) is 0 Å². The minimum absolute atomic E-state index is 0.0970. The predicted molar refractivity (Wildman–Crippen MR) is 151 cm³/mol. The summed E-state index contributed by atoms with van der Waals surface area (Å²) in [5, 5.41) is 2.59. The Bertz CT molecular complexity index is 1320. The van der Waals surface area contributed by atoms with E-state index in [-0.39, 0.29) is 16.2 Å². The van der Waals surface area contributed by atoms with Crippen LogP contribution in [0.15, 0.2) is 42.6 Å². The summed E-state index contributed by atoms with van der Waals surface area (Å²) in [5.74, 6) is 0.517. The highest BCUT2D eigenvalue weighted by Gasteiger charge is 2.56. The van der Waals surface area contributed by atoms with Crippen LogP contribution in [0.1, 0.15) is 112 Å². The highest BCUT2D eigenvalue weighted by atomic mass is 15.0. The first-order chi connectivity index (χ1) is 16.0. The number of rotatable bonds is 2. The predicted octanol–water partition coefficient (Wildman–Crippen LogP) is 9.80. The highest BCUT2D eigenvalue weighted by molar-refractivity contribution is 6.00. The first-order valence-electron chi connectivity index (χ1n) is 13.4. The molecular formula is C32H46N2. The molecule has 0 bridgehead atoms. The van der Waals surface area contributed by atoms with Gasteiger partial charge in [0.25, 0.3) is 0 Å². The third-order valence-corrected chi connectivity index (χ3v) is 9.20. The van der Waals surface area contributed by atoms with Gasteiger partial charge in [-0.05, 0) is 68.9 Å². The van der Waals surface area contributed by atoms with E-state index in [1.807, 2.05) is 27.7 Å². The van der Waals surface area contributed by atoms with E-state index in [4.69, 9.17) is 4.98 Å². The standard InChI is InChI=1S/C28H34N2.2C2H6/c1-9-17(2)19-12-10-11-18-13-14-30-23-16-21-20(15-22(23)29-25(30)24(18)19)26(3,4)28(7,8)27(21,5)6;2*1-2/h10-17H,9H2,1-8H3;2*1-2H3. The molecule has 2 aromatic heterocycles. The monoisotopic (exact) mass is 458 g/mol. The number of aromatic nitrogens is 2. The van der Waals surface area contributed by atoms with Crippen LogP contribution in [-0.4, -0.2) is 9.38 Å². The zero-order valence-corrected chi connectivity index (χ0v) is 23.7. The van der Waals surface area contributed by atoms with E-state index < -0.39 is 0 Å². The summed E-state index contributed by atoms with van der Waals surface area (Å²) < 4.78 is 2.32. The molecule has 1 aliphatic rings. The Balaban J connectivity index is 0.000000771. The van der Waals surface area contributed by atoms with Gasteiger partial charge in [-0.3, -0.25) is 4.40 Å². The van der Waals surface area contributed by atoms with Gasteiger partial charge in [0.15, 0.2) is 0 Å². The van der Waals surface area contributed by atoms with Gasteiger partial charge in [-0.2, -0.15) is 0 Å². The molecule has 0 spiro atoms. The second kappa shape index (κ2) is 9.02. The topological polar surface area (TPSA) is 17.3 Å². The van der Waals surface area contributed by atoms with Gasteiger partial charge < -0.3 is 0 Å². The van der Waals surface area contributed by atoms with Crippen molar-refractivity contribution in [2.24, 2.45) is 5.41 Å². The maximum Gasteiger partial charge on any atom is 0.146 e. The Hall–Kier alpha value is -2.35. The largest absolute Gasteiger partial charge is 0.299 e. The van der Waals surface area contributed by atoms with Crippen molar-refractivity contribution in [3.8, 4) is 0 Å². The Kier molecular flexibility index (Phi) is 6.97. The zero-order chi connectivity index (χ0) is 25.6. The van der Waals surface area contributed by atoms with Crippen LogP contribution < -0.4 is 0 Å². The minimum atomic E-state index is 0.0970. The van der Waals surface area contributed by atoms with Crippen LogP contribution in [-0.2, 0) is 10.8 Å². The molecular weight excluding hydrogens is 412 g/mol. The van der Waals surface area contributed by atoms with Crippen LogP contribution in [0.25, 0.3) is 27.5 Å².